The van der Waals surface area contributed by atoms with Crippen LogP contribution < -0.4 is 14.9 Å². The molecule has 1 heterocycles. The largest absolute Gasteiger partial charge is 0.493 e. The number of amidine groups is 1. The van der Waals surface area contributed by atoms with Crippen LogP contribution in [0.3, 0.4) is 0 Å². The summed E-state index contributed by atoms with van der Waals surface area (Å²) in [4.78, 5) is 26.4. The molecule has 0 radical (unpaired) electrons. The van der Waals surface area contributed by atoms with Gasteiger partial charge in [0, 0.05) is 12.1 Å². The summed E-state index contributed by atoms with van der Waals surface area (Å²) in [5.74, 6) is 1.27. The van der Waals surface area contributed by atoms with Crippen LogP contribution in [0.25, 0.3) is 0 Å². The summed E-state index contributed by atoms with van der Waals surface area (Å²) < 4.78 is 10.6. The number of carbonyl (C=O) groups excluding carboxylic acids is 2. The lowest BCUT2D eigenvalue weighted by atomic mass is 9.87. The number of nitrogens with one attached hydrogen (secondary N) is 1. The highest BCUT2D eigenvalue weighted by Gasteiger charge is 2.28. The van der Waals surface area contributed by atoms with Gasteiger partial charge in [0.2, 0.25) is 5.91 Å². The lowest BCUT2D eigenvalue weighted by Crippen LogP contribution is -2.33. The quantitative estimate of drug-likeness (QED) is 0.642. The van der Waals surface area contributed by atoms with Crippen molar-refractivity contribution >= 4 is 28.7 Å². The fourth-order valence-electron chi connectivity index (χ4n) is 3.26. The minimum absolute atomic E-state index is 0.0183. The van der Waals surface area contributed by atoms with Gasteiger partial charge in [-0.05, 0) is 47.2 Å². The molecule has 0 unspecified atom stereocenters. The van der Waals surface area contributed by atoms with Crippen LogP contribution in [0, 0.1) is 0 Å². The first-order valence-electron chi connectivity index (χ1n) is 10.4. The Balaban J connectivity index is 1.64. The standard InChI is InChI=1S/C24H29N3O4S/c1-24(2,3)18-9-7-17(8-10-18)22(29)25-26-23-27(21(28)15-32-23)13-12-16-6-11-19(30-4)20(14-16)31-5/h6-11,14H,12-13,15H2,1-5H3,(H,25,29)/b26-23+. The van der Waals surface area contributed by atoms with Gasteiger partial charge in [0.25, 0.3) is 5.91 Å². The monoisotopic (exact) mass is 455 g/mol. The van der Waals surface area contributed by atoms with Crippen molar-refractivity contribution in [2.75, 3.05) is 26.5 Å². The molecule has 1 aliphatic heterocycles. The fourth-order valence-corrected chi connectivity index (χ4v) is 4.13. The third kappa shape index (κ3) is 5.62. The zero-order chi connectivity index (χ0) is 23.3. The summed E-state index contributed by atoms with van der Waals surface area (Å²) in [7, 11) is 3.18. The molecule has 2 amide bonds. The van der Waals surface area contributed by atoms with Crippen LogP contribution in [0.5, 0.6) is 11.5 Å². The van der Waals surface area contributed by atoms with Gasteiger partial charge in [-0.15, -0.1) is 5.10 Å². The minimum Gasteiger partial charge on any atom is -0.493 e. The van der Waals surface area contributed by atoms with E-state index in [2.05, 4.69) is 31.3 Å². The van der Waals surface area contributed by atoms with E-state index >= 15 is 0 Å². The van der Waals surface area contributed by atoms with Gasteiger partial charge >= 0.3 is 0 Å². The SMILES string of the molecule is COc1ccc(CCN2C(=O)CS/C2=N/NC(=O)c2ccc(C(C)(C)C)cc2)cc1OC. The summed E-state index contributed by atoms with van der Waals surface area (Å²) in [6, 6.07) is 13.2. The average molecular weight is 456 g/mol. The van der Waals surface area contributed by atoms with Crippen LogP contribution in [-0.2, 0) is 16.6 Å². The van der Waals surface area contributed by atoms with E-state index in [1.165, 1.54) is 11.8 Å². The van der Waals surface area contributed by atoms with Crippen molar-refractivity contribution in [3.63, 3.8) is 0 Å². The number of hydrogen-bond acceptors (Lipinski definition) is 6. The van der Waals surface area contributed by atoms with Gasteiger partial charge in [-0.3, -0.25) is 14.5 Å². The maximum atomic E-state index is 12.5. The fraction of sp³-hybridized carbons (Fsp3) is 0.375. The Morgan fingerprint density at radius 2 is 1.78 bits per heavy atom. The van der Waals surface area contributed by atoms with Gasteiger partial charge in [0.05, 0.1) is 20.0 Å². The molecule has 7 nitrogen and oxygen atoms in total. The van der Waals surface area contributed by atoms with Crippen LogP contribution >= 0.6 is 11.8 Å². The Morgan fingerprint density at radius 1 is 1.09 bits per heavy atom. The molecule has 0 bridgehead atoms. The minimum atomic E-state index is -0.308. The van der Waals surface area contributed by atoms with E-state index in [1.807, 2.05) is 30.3 Å². The molecule has 1 fully saturated rings. The molecule has 2 aromatic carbocycles. The van der Waals surface area contributed by atoms with E-state index < -0.39 is 0 Å². The highest BCUT2D eigenvalue weighted by Crippen LogP contribution is 2.28. The summed E-state index contributed by atoms with van der Waals surface area (Å²) in [5, 5.41) is 4.71. The van der Waals surface area contributed by atoms with Crippen molar-refractivity contribution < 1.29 is 19.1 Å². The second kappa shape index (κ2) is 10.1. The van der Waals surface area contributed by atoms with E-state index in [9.17, 15) is 9.59 Å². The summed E-state index contributed by atoms with van der Waals surface area (Å²) >= 11 is 1.32. The van der Waals surface area contributed by atoms with Crippen LogP contribution in [0.2, 0.25) is 0 Å². The molecule has 32 heavy (non-hydrogen) atoms. The van der Waals surface area contributed by atoms with E-state index in [4.69, 9.17) is 9.47 Å². The number of amides is 2. The molecule has 0 spiro atoms. The van der Waals surface area contributed by atoms with Gasteiger partial charge in [-0.1, -0.05) is 50.7 Å². The van der Waals surface area contributed by atoms with Crippen molar-refractivity contribution in [2.24, 2.45) is 5.10 Å². The van der Waals surface area contributed by atoms with Crippen LogP contribution in [0.15, 0.2) is 47.6 Å². The van der Waals surface area contributed by atoms with E-state index in [0.717, 1.165) is 11.1 Å². The third-order valence-corrected chi connectivity index (χ3v) is 6.16. The number of rotatable bonds is 7. The maximum Gasteiger partial charge on any atom is 0.271 e. The normalized spacial score (nSPS) is 15.2. The van der Waals surface area contributed by atoms with Crippen LogP contribution in [-0.4, -0.2) is 48.4 Å². The molecule has 1 saturated heterocycles. The molecule has 0 saturated carbocycles. The van der Waals surface area contributed by atoms with Crippen molar-refractivity contribution in [1.82, 2.24) is 10.3 Å². The summed E-state index contributed by atoms with van der Waals surface area (Å²) in [6.45, 7) is 6.83. The number of hydrazone groups is 1. The number of ether oxygens (including phenoxy) is 2. The molecule has 2 aromatic rings. The third-order valence-electron chi connectivity index (χ3n) is 5.19. The Labute approximate surface area is 193 Å². The van der Waals surface area contributed by atoms with Gasteiger partial charge in [0.15, 0.2) is 16.7 Å². The summed E-state index contributed by atoms with van der Waals surface area (Å²) in [5.41, 5.74) is 5.28. The first kappa shape index (κ1) is 23.7. The number of carbonyl (C=O) groups is 2. The first-order chi connectivity index (χ1) is 15.2. The number of methoxy groups -OCH3 is 2. The van der Waals surface area contributed by atoms with E-state index in [-0.39, 0.29) is 17.2 Å². The molecule has 8 heteroatoms. The lowest BCUT2D eigenvalue weighted by Gasteiger charge is -2.19. The van der Waals surface area contributed by atoms with Crippen LogP contribution in [0.1, 0.15) is 42.3 Å². The first-order valence-corrected chi connectivity index (χ1v) is 11.3. The zero-order valence-corrected chi connectivity index (χ0v) is 19.9. The Kier molecular flexibility index (Phi) is 7.45. The molecule has 1 aliphatic rings. The molecule has 0 aliphatic carbocycles. The smallest absolute Gasteiger partial charge is 0.271 e. The van der Waals surface area contributed by atoms with Gasteiger partial charge in [0.1, 0.15) is 0 Å². The van der Waals surface area contributed by atoms with Gasteiger partial charge in [-0.25, -0.2) is 5.43 Å². The Hall–Kier alpha value is -3.00. The van der Waals surface area contributed by atoms with E-state index in [1.54, 1.807) is 31.3 Å². The lowest BCUT2D eigenvalue weighted by molar-refractivity contribution is -0.124. The molecule has 0 aromatic heterocycles. The topological polar surface area (TPSA) is 80.2 Å². The van der Waals surface area contributed by atoms with Gasteiger partial charge in [-0.2, -0.15) is 0 Å². The second-order valence-corrected chi connectivity index (χ2v) is 9.38. The molecular weight excluding hydrogens is 426 g/mol. The highest BCUT2D eigenvalue weighted by atomic mass is 32.2. The molecule has 170 valence electrons. The number of hydrogen-bond donors (Lipinski definition) is 1. The molecule has 3 rings (SSSR count). The predicted octanol–water partition coefficient (Wildman–Crippen LogP) is 3.82. The number of nitrogens with zero attached hydrogens (tertiary/aromatic N) is 2. The number of benzene rings is 2. The Bertz CT molecular complexity index is 1010. The highest BCUT2D eigenvalue weighted by molar-refractivity contribution is 8.15. The molecular formula is C24H29N3O4S. The predicted molar refractivity (Wildman–Crippen MR) is 127 cm³/mol. The van der Waals surface area contributed by atoms with Gasteiger partial charge < -0.3 is 9.47 Å². The second-order valence-electron chi connectivity index (χ2n) is 8.44. The Morgan fingerprint density at radius 3 is 2.41 bits per heavy atom. The van der Waals surface area contributed by atoms with Crippen molar-refractivity contribution in [2.45, 2.75) is 32.6 Å². The van der Waals surface area contributed by atoms with E-state index in [0.29, 0.717) is 40.9 Å². The van der Waals surface area contributed by atoms with Crippen molar-refractivity contribution in [1.29, 1.82) is 0 Å². The molecule has 0 atom stereocenters. The van der Waals surface area contributed by atoms with Crippen LogP contribution in [0.4, 0.5) is 0 Å². The average Bonchev–Trinajstić information content (AvgIpc) is 3.14. The zero-order valence-electron chi connectivity index (χ0n) is 19.1. The number of thioether (sulfide) groups is 1. The van der Waals surface area contributed by atoms with Crippen molar-refractivity contribution in [3.05, 3.63) is 59.2 Å². The summed E-state index contributed by atoms with van der Waals surface area (Å²) in [6.07, 6.45) is 0.619. The molecule has 1 N–H and O–H groups in total. The maximum absolute atomic E-state index is 12.5. The van der Waals surface area contributed by atoms with Crippen molar-refractivity contribution in [3.8, 4) is 11.5 Å².